The van der Waals surface area contributed by atoms with Crippen LogP contribution in [0.15, 0.2) is 4.34 Å². The molecule has 0 aromatic carbocycles. The van der Waals surface area contributed by atoms with Crippen LogP contribution in [-0.4, -0.2) is 36.9 Å². The molecular formula is C8H12N2O4S2. The van der Waals surface area contributed by atoms with Crippen LogP contribution in [-0.2, 0) is 14.6 Å². The second-order valence-corrected chi connectivity index (χ2v) is 6.17. The van der Waals surface area contributed by atoms with E-state index in [2.05, 4.69) is 14.9 Å². The summed E-state index contributed by atoms with van der Waals surface area (Å²) in [7, 11) is -3.40. The van der Waals surface area contributed by atoms with Crippen molar-refractivity contribution in [3.8, 4) is 0 Å². The lowest BCUT2D eigenvalue weighted by atomic mass is 10.6. The van der Waals surface area contributed by atoms with Gasteiger partial charge in [0.25, 0.3) is 0 Å². The molecule has 0 radical (unpaired) electrons. The SMILES string of the molecule is CCCS(=O)(=O)c1nnc(C(=O)OCC)s1. The molecule has 16 heavy (non-hydrogen) atoms. The Hall–Kier alpha value is -1.02. The van der Waals surface area contributed by atoms with Gasteiger partial charge < -0.3 is 4.74 Å². The minimum absolute atomic E-state index is 0.00442. The van der Waals surface area contributed by atoms with Gasteiger partial charge in [-0.15, -0.1) is 10.2 Å². The molecule has 0 fully saturated rings. The van der Waals surface area contributed by atoms with Crippen molar-refractivity contribution in [3.63, 3.8) is 0 Å². The summed E-state index contributed by atoms with van der Waals surface area (Å²) < 4.78 is 27.7. The van der Waals surface area contributed by atoms with E-state index in [4.69, 9.17) is 0 Å². The van der Waals surface area contributed by atoms with Gasteiger partial charge in [0.15, 0.2) is 0 Å². The van der Waals surface area contributed by atoms with E-state index in [0.717, 1.165) is 11.3 Å². The van der Waals surface area contributed by atoms with Crippen molar-refractivity contribution in [1.82, 2.24) is 10.2 Å². The van der Waals surface area contributed by atoms with Crippen molar-refractivity contribution >= 4 is 27.1 Å². The predicted octanol–water partition coefficient (Wildman–Crippen LogP) is 0.898. The summed E-state index contributed by atoms with van der Waals surface area (Å²) in [4.78, 5) is 11.2. The molecule has 0 saturated carbocycles. The third-order valence-electron chi connectivity index (χ3n) is 1.60. The van der Waals surface area contributed by atoms with Crippen LogP contribution < -0.4 is 0 Å². The number of esters is 1. The Morgan fingerprint density at radius 2 is 2.06 bits per heavy atom. The van der Waals surface area contributed by atoms with E-state index in [-0.39, 0.29) is 21.7 Å². The summed E-state index contributed by atoms with van der Waals surface area (Å²) in [5, 5.41) is 6.96. The Kier molecular flexibility index (Phi) is 4.36. The van der Waals surface area contributed by atoms with E-state index >= 15 is 0 Å². The number of carbonyl (C=O) groups is 1. The average molecular weight is 264 g/mol. The lowest BCUT2D eigenvalue weighted by molar-refractivity contribution is 0.0525. The van der Waals surface area contributed by atoms with E-state index in [0.29, 0.717) is 6.42 Å². The zero-order valence-corrected chi connectivity index (χ0v) is 10.6. The second kappa shape index (κ2) is 5.35. The third-order valence-corrected chi connectivity index (χ3v) is 4.86. The van der Waals surface area contributed by atoms with Crippen molar-refractivity contribution in [2.24, 2.45) is 0 Å². The van der Waals surface area contributed by atoms with Crippen molar-refractivity contribution in [1.29, 1.82) is 0 Å². The van der Waals surface area contributed by atoms with Gasteiger partial charge in [0.2, 0.25) is 19.2 Å². The Balaban J connectivity index is 2.91. The van der Waals surface area contributed by atoms with Gasteiger partial charge in [-0.2, -0.15) is 0 Å². The van der Waals surface area contributed by atoms with Gasteiger partial charge in [0.05, 0.1) is 12.4 Å². The first kappa shape index (κ1) is 13.0. The van der Waals surface area contributed by atoms with E-state index in [1.54, 1.807) is 13.8 Å². The molecule has 0 unspecified atom stereocenters. The molecule has 0 saturated heterocycles. The molecule has 8 heteroatoms. The molecule has 1 aromatic rings. The van der Waals surface area contributed by atoms with Crippen LogP contribution in [0.5, 0.6) is 0 Å². The number of hydrogen-bond acceptors (Lipinski definition) is 7. The fourth-order valence-corrected chi connectivity index (χ4v) is 3.31. The lowest BCUT2D eigenvalue weighted by Crippen LogP contribution is -2.05. The molecule has 1 aromatic heterocycles. The highest BCUT2D eigenvalue weighted by molar-refractivity contribution is 7.93. The number of aromatic nitrogens is 2. The van der Waals surface area contributed by atoms with Gasteiger partial charge in [-0.1, -0.05) is 18.3 Å². The van der Waals surface area contributed by atoms with Gasteiger partial charge in [-0.3, -0.25) is 0 Å². The summed E-state index contributed by atoms with van der Waals surface area (Å²) >= 11 is 0.743. The lowest BCUT2D eigenvalue weighted by Gasteiger charge is -1.95. The molecule has 0 spiro atoms. The minimum atomic E-state index is -3.40. The van der Waals surface area contributed by atoms with Crippen LogP contribution in [0.2, 0.25) is 0 Å². The average Bonchev–Trinajstić information content (AvgIpc) is 2.67. The molecule has 0 amide bonds. The highest BCUT2D eigenvalue weighted by Gasteiger charge is 2.22. The van der Waals surface area contributed by atoms with Crippen molar-refractivity contribution < 1.29 is 17.9 Å². The molecule has 0 bridgehead atoms. The van der Waals surface area contributed by atoms with Crippen LogP contribution in [0.3, 0.4) is 0 Å². The van der Waals surface area contributed by atoms with Gasteiger partial charge in [0, 0.05) is 0 Å². The number of ether oxygens (including phenoxy) is 1. The van der Waals surface area contributed by atoms with Crippen LogP contribution in [0, 0.1) is 0 Å². The Morgan fingerprint density at radius 3 is 2.62 bits per heavy atom. The van der Waals surface area contributed by atoms with Gasteiger partial charge >= 0.3 is 5.97 Å². The normalized spacial score (nSPS) is 11.4. The Labute approximate surface area is 97.6 Å². The first-order chi connectivity index (χ1) is 7.51. The van der Waals surface area contributed by atoms with Crippen molar-refractivity contribution in [3.05, 3.63) is 5.01 Å². The first-order valence-electron chi connectivity index (χ1n) is 4.74. The Bertz CT molecular complexity index is 466. The molecule has 0 aliphatic heterocycles. The van der Waals surface area contributed by atoms with Crippen molar-refractivity contribution in [2.45, 2.75) is 24.6 Å². The van der Waals surface area contributed by atoms with Gasteiger partial charge in [-0.25, -0.2) is 13.2 Å². The number of carbonyl (C=O) groups excluding carboxylic acids is 1. The van der Waals surface area contributed by atoms with Gasteiger partial charge in [-0.05, 0) is 13.3 Å². The van der Waals surface area contributed by atoms with Crippen LogP contribution >= 0.6 is 11.3 Å². The monoisotopic (exact) mass is 264 g/mol. The van der Waals surface area contributed by atoms with Crippen LogP contribution in [0.4, 0.5) is 0 Å². The minimum Gasteiger partial charge on any atom is -0.461 e. The first-order valence-corrected chi connectivity index (χ1v) is 7.21. The molecule has 1 rings (SSSR count). The van der Waals surface area contributed by atoms with Gasteiger partial charge in [0.1, 0.15) is 0 Å². The Morgan fingerprint density at radius 1 is 1.38 bits per heavy atom. The van der Waals surface area contributed by atoms with E-state index in [1.165, 1.54) is 0 Å². The molecule has 0 atom stereocenters. The quantitative estimate of drug-likeness (QED) is 0.734. The second-order valence-electron chi connectivity index (χ2n) is 2.91. The van der Waals surface area contributed by atoms with E-state index in [9.17, 15) is 13.2 Å². The molecule has 6 nitrogen and oxygen atoms in total. The van der Waals surface area contributed by atoms with E-state index in [1.807, 2.05) is 0 Å². The number of hydrogen-bond donors (Lipinski definition) is 0. The zero-order chi connectivity index (χ0) is 12.2. The third kappa shape index (κ3) is 2.99. The maximum atomic E-state index is 11.6. The van der Waals surface area contributed by atoms with Crippen LogP contribution in [0.1, 0.15) is 30.1 Å². The number of sulfone groups is 1. The highest BCUT2D eigenvalue weighted by Crippen LogP contribution is 2.18. The smallest absolute Gasteiger partial charge is 0.369 e. The highest BCUT2D eigenvalue weighted by atomic mass is 32.2. The number of rotatable bonds is 5. The van der Waals surface area contributed by atoms with Crippen molar-refractivity contribution in [2.75, 3.05) is 12.4 Å². The summed E-state index contributed by atoms with van der Waals surface area (Å²) in [5.41, 5.74) is 0. The maximum absolute atomic E-state index is 11.6. The van der Waals surface area contributed by atoms with E-state index < -0.39 is 15.8 Å². The fraction of sp³-hybridized carbons (Fsp3) is 0.625. The molecule has 0 N–H and O–H groups in total. The topological polar surface area (TPSA) is 86.2 Å². The molecule has 0 aliphatic carbocycles. The fourth-order valence-electron chi connectivity index (χ4n) is 0.967. The number of nitrogens with zero attached hydrogens (tertiary/aromatic N) is 2. The summed E-state index contributed by atoms with van der Waals surface area (Å²) in [6, 6.07) is 0. The largest absolute Gasteiger partial charge is 0.461 e. The predicted molar refractivity (Wildman–Crippen MR) is 58.2 cm³/mol. The molecule has 90 valence electrons. The molecule has 0 aliphatic rings. The molecule has 1 heterocycles. The van der Waals surface area contributed by atoms with Crippen LogP contribution in [0.25, 0.3) is 0 Å². The summed E-state index contributed by atoms with van der Waals surface area (Å²) in [6.07, 6.45) is 0.497. The molecular weight excluding hydrogens is 252 g/mol. The maximum Gasteiger partial charge on any atom is 0.369 e. The standard InChI is InChI=1S/C8H12N2O4S2/c1-3-5-16(12,13)8-10-9-6(15-8)7(11)14-4-2/h3-5H2,1-2H3. The zero-order valence-electron chi connectivity index (χ0n) is 8.97. The summed E-state index contributed by atoms with van der Waals surface area (Å²) in [5.74, 6) is -0.636. The summed E-state index contributed by atoms with van der Waals surface area (Å²) in [6.45, 7) is 3.63.